The van der Waals surface area contributed by atoms with Crippen molar-refractivity contribution in [1.82, 2.24) is 4.68 Å². The summed E-state index contributed by atoms with van der Waals surface area (Å²) in [5.74, 6) is 0. The lowest BCUT2D eigenvalue weighted by molar-refractivity contribution is 0.788. The zero-order valence-corrected chi connectivity index (χ0v) is 13.3. The van der Waals surface area contributed by atoms with E-state index in [9.17, 15) is 0 Å². The quantitative estimate of drug-likeness (QED) is 0.654. The summed E-state index contributed by atoms with van der Waals surface area (Å²) in [5, 5.41) is 8.67. The molecule has 2 aromatic heterocycles. The third kappa shape index (κ3) is 3.56. The molecule has 2 heterocycles. The van der Waals surface area contributed by atoms with Gasteiger partial charge in [0, 0.05) is 10.3 Å². The Morgan fingerprint density at radius 3 is 2.71 bits per heavy atom. The van der Waals surface area contributed by atoms with Crippen LogP contribution in [0.2, 0.25) is 0 Å². The normalized spacial score (nSPS) is 12.3. The van der Waals surface area contributed by atoms with E-state index in [1.807, 2.05) is 47.5 Å². The summed E-state index contributed by atoms with van der Waals surface area (Å²) in [4.78, 5) is 6.73. The molecule has 3 nitrogen and oxygen atoms in total. The van der Waals surface area contributed by atoms with Crippen LogP contribution in [0.4, 0.5) is 0 Å². The average Bonchev–Trinajstić information content (AvgIpc) is 3.14. The number of aryl methyl sites for hydroxylation is 1. The van der Waals surface area contributed by atoms with Crippen LogP contribution in [0.5, 0.6) is 0 Å². The maximum atomic E-state index is 4.67. The zero-order chi connectivity index (χ0) is 14.5. The third-order valence-corrected chi connectivity index (χ3v) is 4.71. The standard InChI is InChI=1S/C16H15N3S2/c1-13-12-21-16(17-10-14-6-3-2-4-7-14)19(13)18-11-15-8-5-9-20-15/h2-9,11-12H,10H2,1H3. The lowest BCUT2D eigenvalue weighted by Crippen LogP contribution is -2.12. The van der Waals surface area contributed by atoms with Crippen molar-refractivity contribution in [1.29, 1.82) is 0 Å². The van der Waals surface area contributed by atoms with Crippen LogP contribution in [0.3, 0.4) is 0 Å². The van der Waals surface area contributed by atoms with Crippen LogP contribution in [0.25, 0.3) is 0 Å². The van der Waals surface area contributed by atoms with Crippen molar-refractivity contribution >= 4 is 28.9 Å². The molecule has 0 atom stereocenters. The molecule has 0 aliphatic carbocycles. The molecule has 0 aliphatic rings. The Kier molecular flexibility index (Phi) is 4.43. The topological polar surface area (TPSA) is 29.6 Å². The van der Waals surface area contributed by atoms with Crippen LogP contribution in [-0.4, -0.2) is 10.9 Å². The van der Waals surface area contributed by atoms with Gasteiger partial charge in [0.1, 0.15) is 0 Å². The molecule has 0 N–H and O–H groups in total. The molecule has 0 saturated carbocycles. The van der Waals surface area contributed by atoms with Gasteiger partial charge in [-0.05, 0) is 23.9 Å². The fourth-order valence-electron chi connectivity index (χ4n) is 1.86. The van der Waals surface area contributed by atoms with E-state index in [-0.39, 0.29) is 0 Å². The van der Waals surface area contributed by atoms with Crippen molar-refractivity contribution in [2.45, 2.75) is 13.5 Å². The van der Waals surface area contributed by atoms with Gasteiger partial charge in [-0.2, -0.15) is 5.10 Å². The Hall–Kier alpha value is -1.98. The number of aromatic nitrogens is 1. The predicted octanol–water partition coefficient (Wildman–Crippen LogP) is 3.90. The van der Waals surface area contributed by atoms with Gasteiger partial charge in [0.15, 0.2) is 0 Å². The molecule has 0 aliphatic heterocycles. The van der Waals surface area contributed by atoms with Crippen LogP contribution in [0.1, 0.15) is 16.1 Å². The second kappa shape index (κ2) is 6.65. The molecule has 3 aromatic rings. The summed E-state index contributed by atoms with van der Waals surface area (Å²) in [7, 11) is 0. The van der Waals surface area contributed by atoms with E-state index in [1.165, 1.54) is 5.56 Å². The maximum Gasteiger partial charge on any atom is 0.206 e. The zero-order valence-electron chi connectivity index (χ0n) is 11.6. The summed E-state index contributed by atoms with van der Waals surface area (Å²) in [6, 6.07) is 14.3. The highest BCUT2D eigenvalue weighted by Gasteiger charge is 1.99. The summed E-state index contributed by atoms with van der Waals surface area (Å²) in [5.41, 5.74) is 2.30. The summed E-state index contributed by atoms with van der Waals surface area (Å²) in [6.45, 7) is 2.72. The molecule has 0 amide bonds. The van der Waals surface area contributed by atoms with E-state index < -0.39 is 0 Å². The third-order valence-electron chi connectivity index (χ3n) is 2.93. The maximum absolute atomic E-state index is 4.67. The SMILES string of the molecule is Cc1csc(=NCc2ccccc2)n1N=Cc1cccs1. The van der Waals surface area contributed by atoms with Gasteiger partial charge in [-0.1, -0.05) is 36.4 Å². The monoisotopic (exact) mass is 313 g/mol. The second-order valence-electron chi connectivity index (χ2n) is 4.53. The van der Waals surface area contributed by atoms with Crippen molar-refractivity contribution in [3.05, 3.63) is 74.2 Å². The lowest BCUT2D eigenvalue weighted by Gasteiger charge is -1.98. The smallest absolute Gasteiger partial charge is 0.206 e. The van der Waals surface area contributed by atoms with Crippen LogP contribution in [-0.2, 0) is 6.54 Å². The number of rotatable bonds is 4. The van der Waals surface area contributed by atoms with E-state index in [4.69, 9.17) is 0 Å². The molecule has 106 valence electrons. The van der Waals surface area contributed by atoms with Crippen LogP contribution < -0.4 is 4.80 Å². The molecule has 0 saturated heterocycles. The molecular weight excluding hydrogens is 298 g/mol. The van der Waals surface area contributed by atoms with Gasteiger partial charge in [-0.3, -0.25) is 4.99 Å². The molecule has 3 rings (SSSR count). The summed E-state index contributed by atoms with van der Waals surface area (Å²) >= 11 is 3.30. The highest BCUT2D eigenvalue weighted by atomic mass is 32.1. The Morgan fingerprint density at radius 2 is 1.95 bits per heavy atom. The van der Waals surface area contributed by atoms with Gasteiger partial charge in [-0.15, -0.1) is 22.7 Å². The first-order chi connectivity index (χ1) is 10.3. The van der Waals surface area contributed by atoms with Crippen molar-refractivity contribution < 1.29 is 0 Å². The number of benzene rings is 1. The van der Waals surface area contributed by atoms with E-state index >= 15 is 0 Å². The van der Waals surface area contributed by atoms with Gasteiger partial charge < -0.3 is 0 Å². The van der Waals surface area contributed by atoms with Crippen LogP contribution in [0, 0.1) is 6.92 Å². The lowest BCUT2D eigenvalue weighted by atomic mass is 10.2. The van der Waals surface area contributed by atoms with E-state index in [0.29, 0.717) is 6.54 Å². The highest BCUT2D eigenvalue weighted by Crippen LogP contribution is 2.06. The minimum Gasteiger partial charge on any atom is -0.253 e. The molecule has 5 heteroatoms. The van der Waals surface area contributed by atoms with Crippen molar-refractivity contribution in [3.63, 3.8) is 0 Å². The van der Waals surface area contributed by atoms with Crippen LogP contribution in [0.15, 0.2) is 63.3 Å². The van der Waals surface area contributed by atoms with Gasteiger partial charge >= 0.3 is 0 Å². The molecule has 0 radical (unpaired) electrons. The first-order valence-corrected chi connectivity index (χ1v) is 8.38. The molecule has 0 fully saturated rings. The second-order valence-corrected chi connectivity index (χ2v) is 6.35. The van der Waals surface area contributed by atoms with Gasteiger partial charge in [-0.25, -0.2) is 4.68 Å². The number of hydrogen-bond acceptors (Lipinski definition) is 4. The van der Waals surface area contributed by atoms with Crippen molar-refractivity contribution in [2.75, 3.05) is 0 Å². The minimum atomic E-state index is 0.676. The number of nitrogens with zero attached hydrogens (tertiary/aromatic N) is 3. The van der Waals surface area contributed by atoms with E-state index in [2.05, 4.69) is 33.7 Å². The molecule has 0 unspecified atom stereocenters. The van der Waals surface area contributed by atoms with Crippen molar-refractivity contribution in [2.24, 2.45) is 10.1 Å². The average molecular weight is 313 g/mol. The van der Waals surface area contributed by atoms with E-state index in [1.54, 1.807) is 22.7 Å². The number of thiophene rings is 1. The first-order valence-electron chi connectivity index (χ1n) is 6.62. The van der Waals surface area contributed by atoms with Crippen LogP contribution >= 0.6 is 22.7 Å². The Balaban J connectivity index is 1.86. The highest BCUT2D eigenvalue weighted by molar-refractivity contribution is 7.11. The molecule has 0 bridgehead atoms. The van der Waals surface area contributed by atoms with Gasteiger partial charge in [0.25, 0.3) is 0 Å². The van der Waals surface area contributed by atoms with Gasteiger partial charge in [0.2, 0.25) is 4.80 Å². The Labute approximate surface area is 131 Å². The van der Waals surface area contributed by atoms with Gasteiger partial charge in [0.05, 0.1) is 18.5 Å². The molecule has 21 heavy (non-hydrogen) atoms. The summed E-state index contributed by atoms with van der Waals surface area (Å²) in [6.07, 6.45) is 1.88. The number of hydrogen-bond donors (Lipinski definition) is 0. The summed E-state index contributed by atoms with van der Waals surface area (Å²) < 4.78 is 1.90. The largest absolute Gasteiger partial charge is 0.253 e. The minimum absolute atomic E-state index is 0.676. The molecular formula is C16H15N3S2. The fraction of sp³-hybridized carbons (Fsp3) is 0.125. The molecule has 0 spiro atoms. The predicted molar refractivity (Wildman–Crippen MR) is 90.1 cm³/mol. The first kappa shape index (κ1) is 14.0. The van der Waals surface area contributed by atoms with Crippen molar-refractivity contribution in [3.8, 4) is 0 Å². The fourth-order valence-corrected chi connectivity index (χ4v) is 3.24. The van der Waals surface area contributed by atoms with E-state index in [0.717, 1.165) is 15.4 Å². The Bertz CT molecular complexity index is 781. The Morgan fingerprint density at radius 1 is 1.10 bits per heavy atom. The number of thiazole rings is 1. The molecule has 1 aromatic carbocycles.